The van der Waals surface area contributed by atoms with E-state index in [1.807, 2.05) is 20.0 Å². The van der Waals surface area contributed by atoms with Crippen LogP contribution in [0.5, 0.6) is 0 Å². The van der Waals surface area contributed by atoms with Gasteiger partial charge in [-0.2, -0.15) is 0 Å². The van der Waals surface area contributed by atoms with E-state index in [0.717, 1.165) is 8.37 Å². The quantitative estimate of drug-likeness (QED) is 0.548. The van der Waals surface area contributed by atoms with Gasteiger partial charge in [-0.05, 0) is 0 Å². The van der Waals surface area contributed by atoms with Gasteiger partial charge in [0.05, 0.1) is 0 Å². The summed E-state index contributed by atoms with van der Waals surface area (Å²) < 4.78 is 4.15. The van der Waals surface area contributed by atoms with Gasteiger partial charge in [-0.1, -0.05) is 0 Å². The molecule has 0 amide bonds. The molecule has 0 saturated carbocycles. The summed E-state index contributed by atoms with van der Waals surface area (Å²) in [5.74, 6) is 0. The van der Waals surface area contributed by atoms with Crippen LogP contribution < -0.4 is 5.50 Å². The molecule has 0 rings (SSSR count). The van der Waals surface area contributed by atoms with Gasteiger partial charge in [0.25, 0.3) is 0 Å². The van der Waals surface area contributed by atoms with Crippen molar-refractivity contribution in [2.24, 2.45) is 10.0 Å². The zero-order valence-corrected chi connectivity index (χ0v) is 6.87. The molecule has 0 aliphatic heterocycles. The fraction of sp³-hybridized carbons (Fsp3) is 1.00. The van der Waals surface area contributed by atoms with Crippen LogP contribution in [0.2, 0.25) is 0 Å². The van der Waals surface area contributed by atoms with Gasteiger partial charge in [0.15, 0.2) is 0 Å². The second-order valence-corrected chi connectivity index (χ2v) is 6.46. The first-order valence-electron chi connectivity index (χ1n) is 2.16. The topological polar surface area (TPSA) is 38.4 Å². The maximum atomic E-state index is 5.61. The summed E-state index contributed by atoms with van der Waals surface area (Å²) in [6.45, 7) is 6.02. The van der Waals surface area contributed by atoms with E-state index in [4.69, 9.17) is 5.50 Å². The Hall–Kier alpha value is 0.490. The van der Waals surface area contributed by atoms with Crippen LogP contribution in [0.15, 0.2) is 4.52 Å². The van der Waals surface area contributed by atoms with E-state index in [2.05, 4.69) is 4.52 Å². The van der Waals surface area contributed by atoms with Gasteiger partial charge < -0.3 is 0 Å². The molecule has 0 atom stereocenters. The zero-order chi connectivity index (χ0) is 5.91. The van der Waals surface area contributed by atoms with Crippen molar-refractivity contribution >= 4 is 15.9 Å². The van der Waals surface area contributed by atoms with Crippen LogP contribution in [0.1, 0.15) is 0 Å². The summed E-state index contributed by atoms with van der Waals surface area (Å²) in [6.07, 6.45) is 0. The summed E-state index contributed by atoms with van der Waals surface area (Å²) in [7, 11) is -0.474. The summed E-state index contributed by atoms with van der Waals surface area (Å²) in [5, 5.41) is 0. The van der Waals surface area contributed by atoms with Gasteiger partial charge in [-0.25, -0.2) is 0 Å². The van der Waals surface area contributed by atoms with E-state index in [1.165, 1.54) is 0 Å². The number of hydrogen-bond acceptors (Lipinski definition) is 2. The SMILES string of the molecule is C/P=N/[PH](C)(C)N. The molecule has 0 aromatic rings. The Kier molecular flexibility index (Phi) is 2.90. The Bertz CT molecular complexity index is 73.5. The molecule has 0 fully saturated rings. The Morgan fingerprint density at radius 1 is 1.57 bits per heavy atom. The molecule has 0 radical (unpaired) electrons. The van der Waals surface area contributed by atoms with Crippen LogP contribution in [0.25, 0.3) is 0 Å². The molecule has 0 aliphatic rings. The van der Waals surface area contributed by atoms with Crippen molar-refractivity contribution in [1.29, 1.82) is 0 Å². The number of rotatable bonds is 1. The Balaban J connectivity index is 3.56. The first-order chi connectivity index (χ1) is 3.06. The number of nitrogens with zero attached hydrogens (tertiary/aromatic N) is 1. The normalized spacial score (nSPS) is 15.4. The predicted molar refractivity (Wildman–Crippen MR) is 39.6 cm³/mol. The molecule has 2 N–H and O–H groups in total. The fourth-order valence-corrected chi connectivity index (χ4v) is 2.32. The summed E-state index contributed by atoms with van der Waals surface area (Å²) >= 11 is 0. The van der Waals surface area contributed by atoms with Crippen molar-refractivity contribution in [2.75, 3.05) is 20.0 Å². The van der Waals surface area contributed by atoms with E-state index in [0.29, 0.717) is 0 Å². The summed E-state index contributed by atoms with van der Waals surface area (Å²) in [6, 6.07) is 0. The van der Waals surface area contributed by atoms with E-state index < -0.39 is 7.56 Å². The number of hydrogen-bond donors (Lipinski definition) is 1. The van der Waals surface area contributed by atoms with Crippen molar-refractivity contribution in [1.82, 2.24) is 0 Å². The molecule has 0 aromatic heterocycles. The average Bonchev–Trinajstić information content (AvgIpc) is 1.30. The fourth-order valence-electron chi connectivity index (χ4n) is 0.258. The molecule has 7 heavy (non-hydrogen) atoms. The zero-order valence-electron chi connectivity index (χ0n) is 4.97. The third-order valence-electron chi connectivity index (χ3n) is 0.358. The van der Waals surface area contributed by atoms with Crippen molar-refractivity contribution in [3.05, 3.63) is 0 Å². The van der Waals surface area contributed by atoms with E-state index >= 15 is 0 Å². The van der Waals surface area contributed by atoms with Crippen molar-refractivity contribution < 1.29 is 0 Å². The van der Waals surface area contributed by atoms with Gasteiger partial charge >= 0.3 is 46.0 Å². The Morgan fingerprint density at radius 3 is 2.00 bits per heavy atom. The predicted octanol–water partition coefficient (Wildman–Crippen LogP) is 1.54. The molecular formula is C3H12N2P2. The summed E-state index contributed by atoms with van der Waals surface area (Å²) in [4.78, 5) is 0. The van der Waals surface area contributed by atoms with Gasteiger partial charge in [0, 0.05) is 0 Å². The van der Waals surface area contributed by atoms with Crippen LogP contribution >= 0.6 is 15.9 Å². The van der Waals surface area contributed by atoms with Crippen LogP contribution in [0.3, 0.4) is 0 Å². The third kappa shape index (κ3) is 6.49. The average molecular weight is 138 g/mol. The molecule has 0 unspecified atom stereocenters. The van der Waals surface area contributed by atoms with Crippen molar-refractivity contribution in [3.63, 3.8) is 0 Å². The maximum absolute atomic E-state index is 5.61. The molecule has 0 aromatic carbocycles. The Labute approximate surface area is 46.8 Å². The van der Waals surface area contributed by atoms with Crippen LogP contribution in [-0.2, 0) is 0 Å². The van der Waals surface area contributed by atoms with E-state index in [9.17, 15) is 0 Å². The molecular weight excluding hydrogens is 126 g/mol. The molecule has 44 valence electrons. The second kappa shape index (κ2) is 2.71. The molecule has 0 spiro atoms. The van der Waals surface area contributed by atoms with Crippen molar-refractivity contribution in [2.45, 2.75) is 0 Å². The number of nitrogens with two attached hydrogens (primary N) is 1. The van der Waals surface area contributed by atoms with Gasteiger partial charge in [0.1, 0.15) is 0 Å². The van der Waals surface area contributed by atoms with Crippen LogP contribution in [0, 0.1) is 0 Å². The van der Waals surface area contributed by atoms with Crippen molar-refractivity contribution in [3.8, 4) is 0 Å². The van der Waals surface area contributed by atoms with Crippen LogP contribution in [-0.4, -0.2) is 20.0 Å². The van der Waals surface area contributed by atoms with Gasteiger partial charge in [0.2, 0.25) is 0 Å². The van der Waals surface area contributed by atoms with E-state index in [1.54, 1.807) is 0 Å². The first kappa shape index (κ1) is 7.49. The minimum atomic E-state index is -1.54. The molecule has 0 saturated heterocycles. The molecule has 0 aliphatic carbocycles. The third-order valence-corrected chi connectivity index (χ3v) is 3.22. The van der Waals surface area contributed by atoms with Gasteiger partial charge in [-0.3, -0.25) is 0 Å². The molecule has 4 heteroatoms. The monoisotopic (exact) mass is 138 g/mol. The first-order valence-corrected chi connectivity index (χ1v) is 6.48. The molecule has 0 bridgehead atoms. The standard InChI is InChI=1S/C3H12N2P2/c1-6-5-7(2,3)4/h7H,4H2,1-3H3. The molecule has 2 nitrogen and oxygen atoms in total. The Morgan fingerprint density at radius 2 is 2.00 bits per heavy atom. The minimum absolute atomic E-state index is 1.07. The van der Waals surface area contributed by atoms with E-state index in [-0.39, 0.29) is 0 Å². The summed E-state index contributed by atoms with van der Waals surface area (Å²) in [5.41, 5.74) is 5.61. The van der Waals surface area contributed by atoms with Crippen LogP contribution in [0.4, 0.5) is 0 Å². The van der Waals surface area contributed by atoms with Gasteiger partial charge in [-0.15, -0.1) is 0 Å². The second-order valence-electron chi connectivity index (χ2n) is 1.95. The molecule has 0 heterocycles.